The van der Waals surface area contributed by atoms with E-state index in [1.165, 1.54) is 13.0 Å². The van der Waals surface area contributed by atoms with E-state index in [2.05, 4.69) is 0 Å². The van der Waals surface area contributed by atoms with Gasteiger partial charge in [0.2, 0.25) is 6.79 Å². The molecule has 1 aliphatic heterocycles. The molecular weight excluding hydrogens is 415 g/mol. The molecule has 166 valence electrons. The van der Waals surface area contributed by atoms with Gasteiger partial charge in [-0.2, -0.15) is 0 Å². The van der Waals surface area contributed by atoms with Gasteiger partial charge in [-0.05, 0) is 37.1 Å². The van der Waals surface area contributed by atoms with Gasteiger partial charge in [0.05, 0.1) is 5.56 Å². The van der Waals surface area contributed by atoms with Gasteiger partial charge in [-0.1, -0.05) is 30.3 Å². The average molecular weight is 438 g/mol. The second-order valence-corrected chi connectivity index (χ2v) is 7.56. The van der Waals surface area contributed by atoms with Gasteiger partial charge in [0.25, 0.3) is 0 Å². The zero-order valence-electron chi connectivity index (χ0n) is 17.6. The molecule has 9 heteroatoms. The van der Waals surface area contributed by atoms with Crippen LogP contribution in [0, 0.1) is 0 Å². The Hall–Kier alpha value is -3.46. The number of para-hydroxylation sites is 1. The van der Waals surface area contributed by atoms with Gasteiger partial charge < -0.3 is 23.9 Å². The minimum atomic E-state index is -1.28. The van der Waals surface area contributed by atoms with Crippen LogP contribution >= 0.6 is 0 Å². The molecule has 0 saturated heterocycles. The third-order valence-electron chi connectivity index (χ3n) is 5.08. The Morgan fingerprint density at radius 3 is 2.44 bits per heavy atom. The highest BCUT2D eigenvalue weighted by molar-refractivity contribution is 6.47. The van der Waals surface area contributed by atoms with E-state index in [9.17, 15) is 24.2 Å². The van der Waals surface area contributed by atoms with E-state index in [0.717, 1.165) is 0 Å². The van der Waals surface area contributed by atoms with E-state index in [1.54, 1.807) is 42.5 Å². The maximum absolute atomic E-state index is 12.5. The van der Waals surface area contributed by atoms with Gasteiger partial charge in [-0.15, -0.1) is 0 Å². The number of hydrogen-bond donors (Lipinski definition) is 1. The molecule has 0 saturated carbocycles. The van der Waals surface area contributed by atoms with Crippen LogP contribution in [0.2, 0.25) is 5.82 Å². The predicted molar refractivity (Wildman–Crippen MR) is 114 cm³/mol. The van der Waals surface area contributed by atoms with Crippen LogP contribution in [0.5, 0.6) is 5.75 Å². The fourth-order valence-electron chi connectivity index (χ4n) is 3.40. The number of carbonyl (C=O) groups excluding carboxylic acids is 4. The smallest absolute Gasteiger partial charge is 0.526 e. The van der Waals surface area contributed by atoms with Crippen LogP contribution in [0.3, 0.4) is 0 Å². The zero-order valence-corrected chi connectivity index (χ0v) is 17.6. The predicted octanol–water partition coefficient (Wildman–Crippen LogP) is 2.77. The van der Waals surface area contributed by atoms with Crippen molar-refractivity contribution < 1.29 is 38.3 Å². The largest absolute Gasteiger partial charge is 0.535 e. The van der Waals surface area contributed by atoms with Crippen LogP contribution in [-0.2, 0) is 25.5 Å². The molecule has 8 nitrogen and oxygen atoms in total. The van der Waals surface area contributed by atoms with Crippen LogP contribution in [0.25, 0.3) is 0 Å². The monoisotopic (exact) mass is 438 g/mol. The molecule has 0 spiro atoms. The summed E-state index contributed by atoms with van der Waals surface area (Å²) in [5.41, 5.74) is 1.06. The van der Waals surface area contributed by atoms with Crippen LogP contribution in [0.15, 0.2) is 48.5 Å². The van der Waals surface area contributed by atoms with Crippen molar-refractivity contribution in [3.8, 4) is 5.75 Å². The first-order valence-corrected chi connectivity index (χ1v) is 10.2. The van der Waals surface area contributed by atoms with Gasteiger partial charge in [0, 0.05) is 25.1 Å². The zero-order chi connectivity index (χ0) is 23.1. The molecular formula is C23H23BO8. The fraction of sp³-hybridized carbons (Fsp3) is 0.304. The summed E-state index contributed by atoms with van der Waals surface area (Å²) in [4.78, 5) is 47.6. The van der Waals surface area contributed by atoms with Gasteiger partial charge in [0.1, 0.15) is 22.9 Å². The first kappa shape index (κ1) is 23.2. The van der Waals surface area contributed by atoms with Crippen LogP contribution in [0.4, 0.5) is 0 Å². The number of esters is 2. The van der Waals surface area contributed by atoms with Gasteiger partial charge in [-0.3, -0.25) is 4.79 Å². The average Bonchev–Trinajstić information content (AvgIpc) is 2.78. The third kappa shape index (κ3) is 6.04. The Morgan fingerprint density at radius 1 is 1.00 bits per heavy atom. The van der Waals surface area contributed by atoms with Crippen LogP contribution < -0.4 is 4.65 Å². The van der Waals surface area contributed by atoms with Crippen LogP contribution in [0.1, 0.15) is 52.5 Å². The summed E-state index contributed by atoms with van der Waals surface area (Å²) in [5, 5.41) is 10.4. The number of carbonyl (C=O) groups is 4. The van der Waals surface area contributed by atoms with Crippen LogP contribution in [-0.4, -0.2) is 42.4 Å². The SMILES string of the molecule is CC(=O)CCC(=O)C[C@H]1Cc2cccc(C(=O)OCOC(=O)c3ccccc3)c2OB1O. The van der Waals surface area contributed by atoms with Crippen molar-refractivity contribution in [3.05, 3.63) is 65.2 Å². The number of fused-ring (bicyclic) bond motifs is 1. The number of hydrogen-bond acceptors (Lipinski definition) is 8. The van der Waals surface area contributed by atoms with E-state index in [0.29, 0.717) is 17.5 Å². The molecule has 32 heavy (non-hydrogen) atoms. The maximum atomic E-state index is 12.5. The Kier molecular flexibility index (Phi) is 7.78. The Balaban J connectivity index is 1.59. The lowest BCUT2D eigenvalue weighted by Gasteiger charge is -2.28. The van der Waals surface area contributed by atoms with Crippen molar-refractivity contribution in [2.45, 2.75) is 38.4 Å². The molecule has 1 heterocycles. The summed E-state index contributed by atoms with van der Waals surface area (Å²) in [6.45, 7) is 0.845. The summed E-state index contributed by atoms with van der Waals surface area (Å²) in [7, 11) is -1.28. The number of rotatable bonds is 9. The minimum Gasteiger partial charge on any atom is -0.535 e. The van der Waals surface area contributed by atoms with E-state index in [1.807, 2.05) is 0 Å². The first-order chi connectivity index (χ1) is 15.3. The summed E-state index contributed by atoms with van der Waals surface area (Å²) in [6.07, 6.45) is 0.688. The molecule has 0 aliphatic carbocycles. The molecule has 0 amide bonds. The Bertz CT molecular complexity index is 1000. The maximum Gasteiger partial charge on any atom is 0.526 e. The van der Waals surface area contributed by atoms with Crippen molar-refractivity contribution in [2.75, 3.05) is 6.79 Å². The number of ketones is 2. The van der Waals surface area contributed by atoms with Crippen molar-refractivity contribution >= 4 is 30.6 Å². The number of ether oxygens (including phenoxy) is 2. The lowest BCUT2D eigenvalue weighted by molar-refractivity contribution is -0.123. The molecule has 1 N–H and O–H groups in total. The molecule has 2 aromatic rings. The first-order valence-electron chi connectivity index (χ1n) is 10.2. The Labute approximate surface area is 185 Å². The van der Waals surface area contributed by atoms with E-state index in [4.69, 9.17) is 14.1 Å². The van der Waals surface area contributed by atoms with E-state index >= 15 is 0 Å². The highest BCUT2D eigenvalue weighted by Crippen LogP contribution is 2.36. The van der Waals surface area contributed by atoms with Crippen molar-refractivity contribution in [1.82, 2.24) is 0 Å². The second-order valence-electron chi connectivity index (χ2n) is 7.56. The van der Waals surface area contributed by atoms with Gasteiger partial charge in [-0.25, -0.2) is 9.59 Å². The normalized spacial score (nSPS) is 14.7. The molecule has 0 fully saturated rings. The van der Waals surface area contributed by atoms with Crippen molar-refractivity contribution in [3.63, 3.8) is 0 Å². The Morgan fingerprint density at radius 2 is 1.72 bits per heavy atom. The lowest BCUT2D eigenvalue weighted by atomic mass is 9.64. The molecule has 1 atom stereocenters. The highest BCUT2D eigenvalue weighted by atomic mass is 16.7. The molecule has 1 aliphatic rings. The molecule has 0 radical (unpaired) electrons. The van der Waals surface area contributed by atoms with Gasteiger partial charge >= 0.3 is 19.1 Å². The molecule has 0 bridgehead atoms. The third-order valence-corrected chi connectivity index (χ3v) is 5.08. The quantitative estimate of drug-likeness (QED) is 0.361. The lowest BCUT2D eigenvalue weighted by Crippen LogP contribution is -2.36. The second kappa shape index (κ2) is 10.7. The van der Waals surface area contributed by atoms with Gasteiger partial charge in [0.15, 0.2) is 0 Å². The number of benzene rings is 2. The summed E-state index contributed by atoms with van der Waals surface area (Å²) in [6, 6.07) is 13.1. The summed E-state index contributed by atoms with van der Waals surface area (Å²) in [5.74, 6) is -1.91. The topological polar surface area (TPSA) is 116 Å². The summed E-state index contributed by atoms with van der Waals surface area (Å²) < 4.78 is 15.5. The highest BCUT2D eigenvalue weighted by Gasteiger charge is 2.37. The van der Waals surface area contributed by atoms with E-state index < -0.39 is 31.7 Å². The minimum absolute atomic E-state index is 0.0675. The standard InChI is InChI=1S/C23H23BO8/c1-15(25)10-11-19(26)13-18-12-17-8-5-9-20(21(17)32-24(18)29)23(28)31-14-30-22(27)16-6-3-2-4-7-16/h2-9,18,29H,10-14H2,1H3/t18-/m1/s1. The fourth-order valence-corrected chi connectivity index (χ4v) is 3.40. The molecule has 0 aromatic heterocycles. The molecule has 0 unspecified atom stereocenters. The van der Waals surface area contributed by atoms with Crippen molar-refractivity contribution in [1.29, 1.82) is 0 Å². The molecule has 3 rings (SSSR count). The number of Topliss-reactive ketones (excluding diaryl/α,β-unsaturated/α-hetero) is 2. The molecule has 2 aromatic carbocycles. The summed E-state index contributed by atoms with van der Waals surface area (Å²) >= 11 is 0. The van der Waals surface area contributed by atoms with E-state index in [-0.39, 0.29) is 42.1 Å². The van der Waals surface area contributed by atoms with Crippen molar-refractivity contribution in [2.24, 2.45) is 0 Å².